The molecule has 346 valence electrons. The van der Waals surface area contributed by atoms with Crippen LogP contribution in [0.25, 0.3) is 21.2 Å². The molecule has 1 atom stereocenters. The second-order valence-electron chi connectivity index (χ2n) is 16.3. The monoisotopic (exact) mass is 939 g/mol. The van der Waals surface area contributed by atoms with E-state index >= 15 is 0 Å². The number of carbonyl (C=O) groups is 5. The molecule has 21 heteroatoms. The number of hydrogen-bond donors (Lipinski definition) is 4. The van der Waals surface area contributed by atoms with Gasteiger partial charge in [-0.05, 0) is 68.0 Å². The molecule has 5 amide bonds. The number of aliphatic imine (C=N–C) groups is 1. The molecule has 2 saturated heterocycles. The zero-order valence-corrected chi connectivity index (χ0v) is 37.1. The Balaban J connectivity index is 0.856. The number of aromatic nitrogens is 1. The summed E-state index contributed by atoms with van der Waals surface area (Å²) in [6, 6.07) is 8.57. The molecule has 5 N–H and O–H groups in total. The second kappa shape index (κ2) is 19.6. The normalized spacial score (nSPS) is 17.9. The van der Waals surface area contributed by atoms with E-state index in [1.54, 1.807) is 18.2 Å². The number of nitrogens with two attached hydrogens (primary N) is 1. The molecular weight excluding hydrogens is 892 g/mol. The van der Waals surface area contributed by atoms with Gasteiger partial charge in [0, 0.05) is 48.7 Å². The number of halogens is 3. The molecule has 0 radical (unpaired) electrons. The molecule has 2 aromatic heterocycles. The van der Waals surface area contributed by atoms with E-state index in [0.29, 0.717) is 53.2 Å². The van der Waals surface area contributed by atoms with Crippen LogP contribution in [-0.4, -0.2) is 96.5 Å². The number of nitrogens with one attached hydrogen (secondary N) is 3. The third-order valence-electron chi connectivity index (χ3n) is 11.6. The zero-order chi connectivity index (χ0) is 46.6. The Hall–Kier alpha value is -6.09. The van der Waals surface area contributed by atoms with Crippen molar-refractivity contribution < 1.29 is 50.3 Å². The number of thiophene rings is 1. The quantitative estimate of drug-likeness (QED) is 0.0481. The summed E-state index contributed by atoms with van der Waals surface area (Å²) in [5.41, 5.74) is 6.21. The Kier molecular flexibility index (Phi) is 14.1. The summed E-state index contributed by atoms with van der Waals surface area (Å²) < 4.78 is 74.0. The maximum Gasteiger partial charge on any atom is 0.419 e. The Bertz CT molecular complexity index is 2740. The summed E-state index contributed by atoms with van der Waals surface area (Å²) in [6.45, 7) is 0.196. The first-order valence-electron chi connectivity index (χ1n) is 21.3. The van der Waals surface area contributed by atoms with Crippen molar-refractivity contribution in [3.8, 4) is 16.9 Å². The molecule has 0 spiro atoms. The Morgan fingerprint density at radius 3 is 2.35 bits per heavy atom. The van der Waals surface area contributed by atoms with Crippen LogP contribution in [0.2, 0.25) is 0 Å². The molecule has 0 aliphatic carbocycles. The third kappa shape index (κ3) is 10.7. The molecule has 3 aliphatic rings. The fourth-order valence-corrected chi connectivity index (χ4v) is 10.7. The molecule has 4 aromatic rings. The van der Waals surface area contributed by atoms with Crippen molar-refractivity contribution in [1.82, 2.24) is 20.1 Å². The van der Waals surface area contributed by atoms with E-state index in [4.69, 9.17) is 10.5 Å². The fraction of sp³-hybridized carbons (Fsp3) is 0.432. The van der Waals surface area contributed by atoms with Gasteiger partial charge in [-0.25, -0.2) is 8.42 Å². The van der Waals surface area contributed by atoms with Crippen molar-refractivity contribution in [1.29, 1.82) is 0 Å². The van der Waals surface area contributed by atoms with Crippen molar-refractivity contribution in [3.63, 3.8) is 0 Å². The molecule has 2 aromatic carbocycles. The highest BCUT2D eigenvalue weighted by Crippen LogP contribution is 2.41. The molecular formula is C44H48F3N7O9S2. The van der Waals surface area contributed by atoms with Gasteiger partial charge >= 0.3 is 6.18 Å². The number of alkyl halides is 3. The average molecular weight is 940 g/mol. The number of hydrogen-bond acceptors (Lipinski definition) is 12. The van der Waals surface area contributed by atoms with E-state index in [1.807, 2.05) is 0 Å². The number of aryl methyl sites for hydroxylation is 1. The topological polar surface area (TPSA) is 228 Å². The van der Waals surface area contributed by atoms with Gasteiger partial charge in [0.05, 0.1) is 44.5 Å². The SMILES string of the molecule is Cn1cc(-c2ccc(OCC(=O)NCCCCCCCCNc3cccc4c3C(=O)N(C3CCC(=O)NC3=O)C4=O)c(C(F)(F)F)c2)c2sc(C(N)=NC3CCS(=O)(=O)CC3)cc2c1=O. The minimum Gasteiger partial charge on any atom is -0.483 e. The average Bonchev–Trinajstić information content (AvgIpc) is 3.82. The van der Waals surface area contributed by atoms with Crippen LogP contribution in [-0.2, 0) is 37.4 Å². The molecule has 7 rings (SSSR count). The van der Waals surface area contributed by atoms with Crippen molar-refractivity contribution in [2.24, 2.45) is 17.8 Å². The van der Waals surface area contributed by atoms with Gasteiger partial charge in [-0.2, -0.15) is 13.2 Å². The number of piperidine rings is 1. The number of unbranched alkanes of at least 4 members (excludes halogenated alkanes) is 5. The highest BCUT2D eigenvalue weighted by Gasteiger charge is 2.45. The Morgan fingerprint density at radius 1 is 0.938 bits per heavy atom. The molecule has 0 bridgehead atoms. The summed E-state index contributed by atoms with van der Waals surface area (Å²) >= 11 is 1.10. The lowest BCUT2D eigenvalue weighted by Crippen LogP contribution is -2.54. The van der Waals surface area contributed by atoms with Crippen LogP contribution >= 0.6 is 11.3 Å². The van der Waals surface area contributed by atoms with Gasteiger partial charge in [0.1, 0.15) is 27.5 Å². The number of nitrogens with zero attached hydrogens (tertiary/aromatic N) is 3. The molecule has 3 aliphatic heterocycles. The van der Waals surface area contributed by atoms with E-state index in [1.165, 1.54) is 29.9 Å². The van der Waals surface area contributed by atoms with Gasteiger partial charge in [0.25, 0.3) is 23.3 Å². The molecule has 1 unspecified atom stereocenters. The smallest absolute Gasteiger partial charge is 0.419 e. The van der Waals surface area contributed by atoms with E-state index < -0.39 is 69.5 Å². The Labute approximate surface area is 375 Å². The number of pyridine rings is 1. The number of carbonyl (C=O) groups excluding carboxylic acids is 5. The van der Waals surface area contributed by atoms with Crippen molar-refractivity contribution in [3.05, 3.63) is 80.6 Å². The van der Waals surface area contributed by atoms with Crippen LogP contribution in [0.1, 0.15) is 95.4 Å². The minimum atomic E-state index is -4.84. The summed E-state index contributed by atoms with van der Waals surface area (Å²) in [5.74, 6) is -3.27. The van der Waals surface area contributed by atoms with Gasteiger partial charge in [-0.1, -0.05) is 37.8 Å². The highest BCUT2D eigenvalue weighted by atomic mass is 32.2. The van der Waals surface area contributed by atoms with Gasteiger partial charge in [-0.15, -0.1) is 11.3 Å². The molecule has 2 fully saturated rings. The number of imide groups is 2. The van der Waals surface area contributed by atoms with E-state index in [0.717, 1.165) is 60.5 Å². The zero-order valence-electron chi connectivity index (χ0n) is 35.4. The third-order valence-corrected chi connectivity index (χ3v) is 14.5. The van der Waals surface area contributed by atoms with Crippen LogP contribution in [0.15, 0.2) is 58.4 Å². The number of fused-ring (bicyclic) bond motifs is 2. The van der Waals surface area contributed by atoms with Gasteiger partial charge < -0.3 is 25.7 Å². The first-order valence-corrected chi connectivity index (χ1v) is 23.9. The first-order chi connectivity index (χ1) is 30.9. The lowest BCUT2D eigenvalue weighted by Gasteiger charge is -2.27. The predicted octanol–water partition coefficient (Wildman–Crippen LogP) is 4.92. The van der Waals surface area contributed by atoms with E-state index in [2.05, 4.69) is 20.9 Å². The summed E-state index contributed by atoms with van der Waals surface area (Å²) in [6.07, 6.45) is 2.16. The largest absolute Gasteiger partial charge is 0.483 e. The summed E-state index contributed by atoms with van der Waals surface area (Å²) in [7, 11) is -1.63. The van der Waals surface area contributed by atoms with Crippen LogP contribution in [0.3, 0.4) is 0 Å². The first kappa shape index (κ1) is 46.9. The van der Waals surface area contributed by atoms with Crippen LogP contribution in [0.5, 0.6) is 5.75 Å². The lowest BCUT2D eigenvalue weighted by molar-refractivity contribution is -0.139. The Morgan fingerprint density at radius 2 is 1.65 bits per heavy atom. The summed E-state index contributed by atoms with van der Waals surface area (Å²) in [5, 5.41) is 8.33. The lowest BCUT2D eigenvalue weighted by atomic mass is 10.0. The van der Waals surface area contributed by atoms with Crippen molar-refractivity contribution in [2.75, 3.05) is 36.5 Å². The van der Waals surface area contributed by atoms with Gasteiger partial charge in [-0.3, -0.25) is 44.0 Å². The number of sulfone groups is 1. The predicted molar refractivity (Wildman–Crippen MR) is 238 cm³/mol. The number of ether oxygens (including phenoxy) is 1. The van der Waals surface area contributed by atoms with E-state index in [-0.39, 0.29) is 63.9 Å². The molecule has 16 nitrogen and oxygen atoms in total. The number of amidine groups is 1. The standard InChI is InChI=1S/C44H48F3N7O9S2/c1-53-23-29(38-28(41(53)58)22-34(64-38)39(48)51-26-15-19-65(61,62)20-16-26)25-11-13-33(30(21-25)44(45,46)47)63-24-36(56)50-18-7-5-3-2-4-6-17-49-31-10-8-9-27-37(31)43(60)54(42(27)59)32-12-14-35(55)52-40(32)57/h8-11,13,21-23,26,32,49H,2-7,12,14-20,24H2,1H3,(H2,48,51)(H,50,56)(H,52,55,57). The number of benzene rings is 2. The van der Waals surface area contributed by atoms with Crippen molar-refractivity contribution in [2.45, 2.75) is 82.5 Å². The number of anilines is 1. The second-order valence-corrected chi connectivity index (χ2v) is 19.6. The maximum atomic E-state index is 14.4. The van der Waals surface area contributed by atoms with Gasteiger partial charge in [0.2, 0.25) is 11.8 Å². The molecule has 65 heavy (non-hydrogen) atoms. The van der Waals surface area contributed by atoms with Gasteiger partial charge in [0.15, 0.2) is 6.61 Å². The summed E-state index contributed by atoms with van der Waals surface area (Å²) in [4.78, 5) is 81.8. The molecule has 5 heterocycles. The minimum absolute atomic E-state index is 0.00200. The molecule has 0 saturated carbocycles. The van der Waals surface area contributed by atoms with Crippen molar-refractivity contribution >= 4 is 72.3 Å². The maximum absolute atomic E-state index is 14.4. The van der Waals surface area contributed by atoms with Crippen LogP contribution in [0.4, 0.5) is 18.9 Å². The van der Waals surface area contributed by atoms with E-state index in [9.17, 15) is 50.4 Å². The highest BCUT2D eigenvalue weighted by molar-refractivity contribution is 7.91. The fourth-order valence-electron chi connectivity index (χ4n) is 8.16. The number of amides is 5. The number of rotatable bonds is 17. The van der Waals surface area contributed by atoms with Crippen LogP contribution < -0.4 is 32.0 Å². The van der Waals surface area contributed by atoms with Crippen LogP contribution in [0, 0.1) is 0 Å².